The van der Waals surface area contributed by atoms with Gasteiger partial charge in [-0.15, -0.1) is 0 Å². The summed E-state index contributed by atoms with van der Waals surface area (Å²) in [6.07, 6.45) is 0.107. The van der Waals surface area contributed by atoms with Crippen LogP contribution in [0.4, 0.5) is 15.8 Å². The molecular weight excluding hydrogens is 311 g/mol. The first kappa shape index (κ1) is 16.0. The first-order chi connectivity index (χ1) is 11.5. The molecule has 6 heteroatoms. The second-order valence-electron chi connectivity index (χ2n) is 5.56. The largest absolute Gasteiger partial charge is 0.482 e. The molecule has 2 aromatic rings. The number of hydrogen-bond acceptors (Lipinski definition) is 3. The highest BCUT2D eigenvalue weighted by Crippen LogP contribution is 2.31. The number of halogens is 1. The molecule has 0 fully saturated rings. The van der Waals surface area contributed by atoms with Crippen LogP contribution in [0, 0.1) is 12.7 Å². The number of para-hydroxylation sites is 2. The normalized spacial score (nSPS) is 13.2. The highest BCUT2D eigenvalue weighted by molar-refractivity contribution is 5.99. The summed E-state index contributed by atoms with van der Waals surface area (Å²) in [6, 6.07) is 11.7. The van der Waals surface area contributed by atoms with Gasteiger partial charge in [-0.3, -0.25) is 9.59 Å². The maximum atomic E-state index is 13.5. The van der Waals surface area contributed by atoms with Gasteiger partial charge in [-0.05, 0) is 36.8 Å². The smallest absolute Gasteiger partial charge is 0.265 e. The van der Waals surface area contributed by atoms with Gasteiger partial charge < -0.3 is 15.0 Å². The SMILES string of the molecule is Cc1ccc(NC(=O)CCN2C(=O)COc3ccccc32)cc1F. The molecule has 5 nitrogen and oxygen atoms in total. The number of ether oxygens (including phenoxy) is 1. The third-order valence-corrected chi connectivity index (χ3v) is 3.83. The van der Waals surface area contributed by atoms with Crippen LogP contribution >= 0.6 is 0 Å². The highest BCUT2D eigenvalue weighted by Gasteiger charge is 2.25. The van der Waals surface area contributed by atoms with Crippen molar-refractivity contribution in [2.24, 2.45) is 0 Å². The van der Waals surface area contributed by atoms with Crippen LogP contribution in [-0.4, -0.2) is 25.0 Å². The van der Waals surface area contributed by atoms with E-state index in [-0.39, 0.29) is 37.2 Å². The monoisotopic (exact) mass is 328 g/mol. The van der Waals surface area contributed by atoms with E-state index in [2.05, 4.69) is 5.32 Å². The molecule has 0 atom stereocenters. The van der Waals surface area contributed by atoms with Crippen molar-refractivity contribution in [1.29, 1.82) is 0 Å². The Balaban J connectivity index is 1.64. The molecule has 124 valence electrons. The minimum absolute atomic E-state index is 0.0399. The van der Waals surface area contributed by atoms with Gasteiger partial charge in [-0.25, -0.2) is 4.39 Å². The van der Waals surface area contributed by atoms with E-state index in [4.69, 9.17) is 4.74 Å². The van der Waals surface area contributed by atoms with Crippen LogP contribution in [0.5, 0.6) is 5.75 Å². The Morgan fingerprint density at radius 3 is 2.88 bits per heavy atom. The molecule has 3 rings (SSSR count). The molecular formula is C18H17FN2O3. The summed E-state index contributed by atoms with van der Waals surface area (Å²) < 4.78 is 18.9. The topological polar surface area (TPSA) is 58.6 Å². The molecule has 0 spiro atoms. The molecule has 0 aliphatic carbocycles. The summed E-state index contributed by atoms with van der Waals surface area (Å²) in [5.74, 6) is -0.221. The fourth-order valence-electron chi connectivity index (χ4n) is 2.51. The standard InChI is InChI=1S/C18H17FN2O3/c1-12-6-7-13(10-14(12)19)20-17(22)8-9-21-15-4-2-3-5-16(15)24-11-18(21)23/h2-7,10H,8-9,11H2,1H3,(H,20,22). The van der Waals surface area contributed by atoms with Crippen molar-refractivity contribution in [3.05, 3.63) is 53.8 Å². The van der Waals surface area contributed by atoms with Gasteiger partial charge >= 0.3 is 0 Å². The Hall–Kier alpha value is -2.89. The minimum atomic E-state index is -0.370. The van der Waals surface area contributed by atoms with Crippen LogP contribution < -0.4 is 15.0 Å². The van der Waals surface area contributed by atoms with Crippen LogP contribution in [0.15, 0.2) is 42.5 Å². The molecule has 1 N–H and O–H groups in total. The Kier molecular flexibility index (Phi) is 4.46. The zero-order valence-electron chi connectivity index (χ0n) is 13.2. The van der Waals surface area contributed by atoms with E-state index < -0.39 is 0 Å². The van der Waals surface area contributed by atoms with E-state index in [9.17, 15) is 14.0 Å². The number of nitrogens with zero attached hydrogens (tertiary/aromatic N) is 1. The summed E-state index contributed by atoms with van der Waals surface area (Å²) in [7, 11) is 0. The molecule has 0 unspecified atom stereocenters. The molecule has 1 aliphatic heterocycles. The lowest BCUT2D eigenvalue weighted by Gasteiger charge is -2.29. The van der Waals surface area contributed by atoms with Gasteiger partial charge in [0.05, 0.1) is 5.69 Å². The molecule has 0 saturated heterocycles. The number of hydrogen-bond donors (Lipinski definition) is 1. The number of nitrogens with one attached hydrogen (secondary N) is 1. The Bertz CT molecular complexity index is 792. The van der Waals surface area contributed by atoms with Gasteiger partial charge in [0.15, 0.2) is 6.61 Å². The predicted octanol–water partition coefficient (Wildman–Crippen LogP) is 2.89. The van der Waals surface area contributed by atoms with Gasteiger partial charge in [0.2, 0.25) is 5.91 Å². The van der Waals surface area contributed by atoms with Crippen molar-refractivity contribution in [1.82, 2.24) is 0 Å². The predicted molar refractivity (Wildman–Crippen MR) is 88.7 cm³/mol. The van der Waals surface area contributed by atoms with Crippen LogP contribution in [0.25, 0.3) is 0 Å². The van der Waals surface area contributed by atoms with Crippen LogP contribution in [0.2, 0.25) is 0 Å². The Morgan fingerprint density at radius 1 is 1.29 bits per heavy atom. The van der Waals surface area contributed by atoms with Crippen LogP contribution in [0.1, 0.15) is 12.0 Å². The van der Waals surface area contributed by atoms with E-state index in [0.717, 1.165) is 0 Å². The second-order valence-corrected chi connectivity index (χ2v) is 5.56. The summed E-state index contributed by atoms with van der Waals surface area (Å²) in [6.45, 7) is 1.85. The molecule has 0 radical (unpaired) electrons. The van der Waals surface area contributed by atoms with Gasteiger partial charge in [0.1, 0.15) is 11.6 Å². The molecule has 1 aliphatic rings. The summed E-state index contributed by atoms with van der Waals surface area (Å²) in [4.78, 5) is 25.6. The lowest BCUT2D eigenvalue weighted by molar-refractivity contribution is -0.121. The van der Waals surface area contributed by atoms with Crippen molar-refractivity contribution in [3.63, 3.8) is 0 Å². The number of amides is 2. The molecule has 24 heavy (non-hydrogen) atoms. The average Bonchev–Trinajstić information content (AvgIpc) is 2.57. The van der Waals surface area contributed by atoms with Crippen molar-refractivity contribution < 1.29 is 18.7 Å². The number of rotatable bonds is 4. The number of benzene rings is 2. The van der Waals surface area contributed by atoms with E-state index in [1.54, 1.807) is 31.2 Å². The summed E-state index contributed by atoms with van der Waals surface area (Å²) in [5, 5.41) is 2.64. The van der Waals surface area contributed by atoms with E-state index in [0.29, 0.717) is 22.7 Å². The zero-order valence-corrected chi connectivity index (χ0v) is 13.2. The van der Waals surface area contributed by atoms with Crippen molar-refractivity contribution in [2.75, 3.05) is 23.4 Å². The molecule has 2 aromatic carbocycles. The third-order valence-electron chi connectivity index (χ3n) is 3.83. The van der Waals surface area contributed by atoms with Crippen LogP contribution in [0.3, 0.4) is 0 Å². The molecule has 0 bridgehead atoms. The summed E-state index contributed by atoms with van der Waals surface area (Å²) in [5.41, 5.74) is 1.57. The Morgan fingerprint density at radius 2 is 2.08 bits per heavy atom. The second kappa shape index (κ2) is 6.70. The number of fused-ring (bicyclic) bond motifs is 1. The van der Waals surface area contributed by atoms with Crippen molar-refractivity contribution in [2.45, 2.75) is 13.3 Å². The van der Waals surface area contributed by atoms with Crippen LogP contribution in [-0.2, 0) is 9.59 Å². The molecule has 2 amide bonds. The number of anilines is 2. The van der Waals surface area contributed by atoms with E-state index in [1.165, 1.54) is 11.0 Å². The maximum Gasteiger partial charge on any atom is 0.265 e. The van der Waals surface area contributed by atoms with Crippen molar-refractivity contribution in [3.8, 4) is 5.75 Å². The highest BCUT2D eigenvalue weighted by atomic mass is 19.1. The number of carbonyl (C=O) groups is 2. The quantitative estimate of drug-likeness (QED) is 0.939. The lowest BCUT2D eigenvalue weighted by Crippen LogP contribution is -2.40. The first-order valence-electron chi connectivity index (χ1n) is 7.63. The number of aryl methyl sites for hydroxylation is 1. The third kappa shape index (κ3) is 3.37. The lowest BCUT2D eigenvalue weighted by atomic mass is 10.2. The van der Waals surface area contributed by atoms with Gasteiger partial charge in [-0.1, -0.05) is 18.2 Å². The molecule has 0 aromatic heterocycles. The average molecular weight is 328 g/mol. The fourth-order valence-corrected chi connectivity index (χ4v) is 2.51. The summed E-state index contributed by atoms with van der Waals surface area (Å²) >= 11 is 0. The molecule has 1 heterocycles. The van der Waals surface area contributed by atoms with E-state index in [1.807, 2.05) is 12.1 Å². The zero-order chi connectivity index (χ0) is 17.1. The molecule has 0 saturated carbocycles. The van der Waals surface area contributed by atoms with Gasteiger partial charge in [0.25, 0.3) is 5.91 Å². The van der Waals surface area contributed by atoms with Gasteiger partial charge in [0, 0.05) is 18.7 Å². The number of carbonyl (C=O) groups excluding carboxylic acids is 2. The first-order valence-corrected chi connectivity index (χ1v) is 7.63. The van der Waals surface area contributed by atoms with E-state index >= 15 is 0 Å². The van der Waals surface area contributed by atoms with Gasteiger partial charge in [-0.2, -0.15) is 0 Å². The van der Waals surface area contributed by atoms with Crippen molar-refractivity contribution >= 4 is 23.2 Å². The fraction of sp³-hybridized carbons (Fsp3) is 0.222. The maximum absolute atomic E-state index is 13.5. The Labute approximate surface area is 139 Å². The minimum Gasteiger partial charge on any atom is -0.482 e.